The second-order valence-electron chi connectivity index (χ2n) is 5.07. The summed E-state index contributed by atoms with van der Waals surface area (Å²) in [7, 11) is 1.49. The number of benzene rings is 1. The number of para-hydroxylation sites is 1. The molecular weight excluding hydrogens is 319 g/mol. The number of thiophene rings is 1. The first-order valence-electron chi connectivity index (χ1n) is 7.10. The fourth-order valence-electron chi connectivity index (χ4n) is 2.57. The van der Waals surface area contributed by atoms with E-state index in [1.54, 1.807) is 29.6 Å². The van der Waals surface area contributed by atoms with Crippen molar-refractivity contribution in [3.8, 4) is 5.75 Å². The lowest BCUT2D eigenvalue weighted by molar-refractivity contribution is -0.118. The van der Waals surface area contributed by atoms with Gasteiger partial charge in [0.2, 0.25) is 5.91 Å². The summed E-state index contributed by atoms with van der Waals surface area (Å²) in [6.45, 7) is 0.367. The number of hydrogen-bond donors (Lipinski definition) is 1. The Labute approximate surface area is 136 Å². The van der Waals surface area contributed by atoms with Gasteiger partial charge in [-0.1, -0.05) is 12.1 Å². The third-order valence-corrected chi connectivity index (χ3v) is 4.60. The SMILES string of the molecule is COc1ccsc1C(=O)N[C@@H]1CCN(c2ccccc2F)C1=O. The average Bonchev–Trinajstić information content (AvgIpc) is 3.16. The van der Waals surface area contributed by atoms with Crippen LogP contribution in [0.25, 0.3) is 0 Å². The van der Waals surface area contributed by atoms with Crippen LogP contribution in [0, 0.1) is 5.82 Å². The molecule has 1 aromatic carbocycles. The zero-order valence-corrected chi connectivity index (χ0v) is 13.2. The highest BCUT2D eigenvalue weighted by Gasteiger charge is 2.35. The molecule has 0 spiro atoms. The molecule has 2 amide bonds. The summed E-state index contributed by atoms with van der Waals surface area (Å²) in [5.41, 5.74) is 0.239. The van der Waals surface area contributed by atoms with Crippen LogP contribution < -0.4 is 15.0 Å². The number of halogens is 1. The molecule has 1 saturated heterocycles. The standard InChI is InChI=1S/C16H15FN2O3S/c1-22-13-7-9-23-14(13)15(20)18-11-6-8-19(16(11)21)12-5-3-2-4-10(12)17/h2-5,7,9,11H,6,8H2,1H3,(H,18,20)/t11-/m1/s1. The molecule has 1 atom stereocenters. The molecular formula is C16H15FN2O3S. The number of carbonyl (C=O) groups excluding carboxylic acids is 2. The Hall–Kier alpha value is -2.41. The van der Waals surface area contributed by atoms with Gasteiger partial charge in [-0.3, -0.25) is 9.59 Å². The highest BCUT2D eigenvalue weighted by molar-refractivity contribution is 7.12. The van der Waals surface area contributed by atoms with Crippen LogP contribution in [0.4, 0.5) is 10.1 Å². The Morgan fingerprint density at radius 1 is 1.39 bits per heavy atom. The lowest BCUT2D eigenvalue weighted by Gasteiger charge is -2.17. The van der Waals surface area contributed by atoms with Crippen molar-refractivity contribution in [2.45, 2.75) is 12.5 Å². The predicted octanol–water partition coefficient (Wildman–Crippen LogP) is 2.43. The Balaban J connectivity index is 1.73. The monoisotopic (exact) mass is 334 g/mol. The van der Waals surface area contributed by atoms with E-state index in [1.165, 1.54) is 29.4 Å². The number of methoxy groups -OCH3 is 1. The van der Waals surface area contributed by atoms with Gasteiger partial charge in [-0.2, -0.15) is 0 Å². The molecule has 3 rings (SSSR count). The van der Waals surface area contributed by atoms with Crippen molar-refractivity contribution >= 4 is 28.8 Å². The molecule has 23 heavy (non-hydrogen) atoms. The molecule has 120 valence electrons. The number of nitrogens with zero attached hydrogens (tertiary/aromatic N) is 1. The molecule has 0 saturated carbocycles. The van der Waals surface area contributed by atoms with E-state index in [-0.39, 0.29) is 17.5 Å². The van der Waals surface area contributed by atoms with E-state index in [1.807, 2.05) is 0 Å². The minimum absolute atomic E-state index is 0.239. The van der Waals surface area contributed by atoms with Crippen LogP contribution in [-0.2, 0) is 4.79 Å². The van der Waals surface area contributed by atoms with Gasteiger partial charge in [0.05, 0.1) is 12.8 Å². The molecule has 2 aromatic rings. The number of anilines is 1. The van der Waals surface area contributed by atoms with Crippen molar-refractivity contribution in [2.24, 2.45) is 0 Å². The smallest absolute Gasteiger partial charge is 0.265 e. The largest absolute Gasteiger partial charge is 0.495 e. The summed E-state index contributed by atoms with van der Waals surface area (Å²) in [5.74, 6) is -0.638. The van der Waals surface area contributed by atoms with Gasteiger partial charge in [0, 0.05) is 6.54 Å². The molecule has 1 fully saturated rings. The number of hydrogen-bond acceptors (Lipinski definition) is 4. The van der Waals surface area contributed by atoms with Gasteiger partial charge < -0.3 is 15.0 Å². The van der Waals surface area contributed by atoms with Crippen molar-refractivity contribution in [2.75, 3.05) is 18.6 Å². The maximum absolute atomic E-state index is 13.8. The van der Waals surface area contributed by atoms with E-state index in [2.05, 4.69) is 5.32 Å². The first-order valence-corrected chi connectivity index (χ1v) is 7.98. The predicted molar refractivity (Wildman–Crippen MR) is 85.5 cm³/mol. The highest BCUT2D eigenvalue weighted by atomic mass is 32.1. The van der Waals surface area contributed by atoms with Gasteiger partial charge in [0.25, 0.3) is 5.91 Å². The zero-order chi connectivity index (χ0) is 16.4. The molecule has 0 aliphatic carbocycles. The lowest BCUT2D eigenvalue weighted by Crippen LogP contribution is -2.41. The number of amides is 2. The van der Waals surface area contributed by atoms with Crippen molar-refractivity contribution < 1.29 is 18.7 Å². The van der Waals surface area contributed by atoms with Crippen LogP contribution in [0.15, 0.2) is 35.7 Å². The molecule has 0 bridgehead atoms. The van der Waals surface area contributed by atoms with Crippen molar-refractivity contribution in [1.82, 2.24) is 5.32 Å². The molecule has 1 aliphatic heterocycles. The summed E-state index contributed by atoms with van der Waals surface area (Å²) < 4.78 is 18.9. The summed E-state index contributed by atoms with van der Waals surface area (Å²) in [6, 6.07) is 7.15. The molecule has 1 N–H and O–H groups in total. The van der Waals surface area contributed by atoms with Crippen LogP contribution in [0.1, 0.15) is 16.1 Å². The summed E-state index contributed by atoms with van der Waals surface area (Å²) in [6.07, 6.45) is 0.437. The summed E-state index contributed by atoms with van der Waals surface area (Å²) >= 11 is 1.24. The highest BCUT2D eigenvalue weighted by Crippen LogP contribution is 2.27. The zero-order valence-electron chi connectivity index (χ0n) is 12.4. The first-order chi connectivity index (χ1) is 11.1. The van der Waals surface area contributed by atoms with E-state index in [4.69, 9.17) is 4.74 Å². The average molecular weight is 334 g/mol. The van der Waals surface area contributed by atoms with Crippen molar-refractivity contribution in [3.05, 3.63) is 46.4 Å². The molecule has 7 heteroatoms. The number of nitrogens with one attached hydrogen (secondary N) is 1. The van der Waals surface area contributed by atoms with Gasteiger partial charge in [0.15, 0.2) is 0 Å². The first kappa shape index (κ1) is 15.5. The molecule has 0 radical (unpaired) electrons. The van der Waals surface area contributed by atoms with Gasteiger partial charge in [-0.15, -0.1) is 11.3 Å². The Kier molecular flexibility index (Phi) is 4.29. The van der Waals surface area contributed by atoms with Gasteiger partial charge in [-0.25, -0.2) is 4.39 Å². The van der Waals surface area contributed by atoms with Crippen LogP contribution >= 0.6 is 11.3 Å². The Morgan fingerprint density at radius 2 is 2.17 bits per heavy atom. The topological polar surface area (TPSA) is 58.6 Å². The minimum Gasteiger partial charge on any atom is -0.495 e. The molecule has 0 unspecified atom stereocenters. The fourth-order valence-corrected chi connectivity index (χ4v) is 3.33. The van der Waals surface area contributed by atoms with Crippen molar-refractivity contribution in [3.63, 3.8) is 0 Å². The maximum Gasteiger partial charge on any atom is 0.265 e. The number of carbonyl (C=O) groups is 2. The van der Waals surface area contributed by atoms with Crippen LogP contribution in [0.3, 0.4) is 0 Å². The van der Waals surface area contributed by atoms with E-state index in [9.17, 15) is 14.0 Å². The van der Waals surface area contributed by atoms with E-state index < -0.39 is 11.9 Å². The fraction of sp³-hybridized carbons (Fsp3) is 0.250. The van der Waals surface area contributed by atoms with E-state index in [0.29, 0.717) is 23.6 Å². The number of rotatable bonds is 4. The lowest BCUT2D eigenvalue weighted by atomic mass is 10.2. The van der Waals surface area contributed by atoms with Crippen LogP contribution in [0.5, 0.6) is 5.75 Å². The Morgan fingerprint density at radius 3 is 2.91 bits per heavy atom. The van der Waals surface area contributed by atoms with Crippen LogP contribution in [-0.4, -0.2) is 31.5 Å². The molecule has 2 heterocycles. The second kappa shape index (κ2) is 6.37. The van der Waals surface area contributed by atoms with E-state index >= 15 is 0 Å². The summed E-state index contributed by atoms with van der Waals surface area (Å²) in [5, 5.41) is 4.45. The summed E-state index contributed by atoms with van der Waals surface area (Å²) in [4.78, 5) is 26.5. The van der Waals surface area contributed by atoms with E-state index in [0.717, 1.165) is 0 Å². The van der Waals surface area contributed by atoms with Crippen molar-refractivity contribution in [1.29, 1.82) is 0 Å². The number of ether oxygens (including phenoxy) is 1. The molecule has 1 aliphatic rings. The normalized spacial score (nSPS) is 17.4. The quantitative estimate of drug-likeness (QED) is 0.934. The third-order valence-electron chi connectivity index (χ3n) is 3.71. The third kappa shape index (κ3) is 2.92. The van der Waals surface area contributed by atoms with Crippen LogP contribution in [0.2, 0.25) is 0 Å². The van der Waals surface area contributed by atoms with Gasteiger partial charge >= 0.3 is 0 Å². The van der Waals surface area contributed by atoms with Gasteiger partial charge in [0.1, 0.15) is 22.5 Å². The van der Waals surface area contributed by atoms with Gasteiger partial charge in [-0.05, 0) is 30.0 Å². The minimum atomic E-state index is -0.658. The second-order valence-corrected chi connectivity index (χ2v) is 5.99. The maximum atomic E-state index is 13.8. The molecule has 1 aromatic heterocycles. The molecule has 5 nitrogen and oxygen atoms in total. The Bertz CT molecular complexity index is 746.